The second-order valence-corrected chi connectivity index (χ2v) is 10.1. The molecule has 2 amide bonds. The van der Waals surface area contributed by atoms with E-state index in [2.05, 4.69) is 17.3 Å². The van der Waals surface area contributed by atoms with Crippen molar-refractivity contribution in [2.75, 3.05) is 12.4 Å². The van der Waals surface area contributed by atoms with Gasteiger partial charge in [-0.25, -0.2) is 10.2 Å². The van der Waals surface area contributed by atoms with Crippen molar-refractivity contribution in [3.8, 4) is 0 Å². The third-order valence-electron chi connectivity index (χ3n) is 4.88. The lowest BCUT2D eigenvalue weighted by atomic mass is 9.86. The zero-order chi connectivity index (χ0) is 24.2. The molecule has 1 aromatic carbocycles. The molecule has 2 aliphatic rings. The minimum atomic E-state index is -0.683. The van der Waals surface area contributed by atoms with Gasteiger partial charge in [-0.05, 0) is 51.3 Å². The number of ether oxygens (including phenoxy) is 1. The van der Waals surface area contributed by atoms with Crippen LogP contribution in [0, 0.1) is 5.92 Å². The van der Waals surface area contributed by atoms with Crippen LogP contribution < -0.4 is 10.7 Å². The predicted octanol–water partition coefficient (Wildman–Crippen LogP) is 4.36. The van der Waals surface area contributed by atoms with Gasteiger partial charge in [0.2, 0.25) is 0 Å². The summed E-state index contributed by atoms with van der Waals surface area (Å²) in [6.45, 7) is 9.40. The molecule has 0 spiro atoms. The van der Waals surface area contributed by atoms with Crippen molar-refractivity contribution in [3.05, 3.63) is 69.8 Å². The number of rotatable bonds is 7. The molecule has 1 unspecified atom stereocenters. The summed E-state index contributed by atoms with van der Waals surface area (Å²) in [6.07, 6.45) is 3.83. The molecule has 1 heterocycles. The number of amides is 2. The van der Waals surface area contributed by atoms with Crippen LogP contribution in [0.25, 0.3) is 0 Å². The van der Waals surface area contributed by atoms with Crippen LogP contribution in [0.4, 0.5) is 4.79 Å². The van der Waals surface area contributed by atoms with Crippen molar-refractivity contribution in [1.29, 1.82) is 0 Å². The average Bonchev–Trinajstić information content (AvgIpc) is 3.14. The SMILES string of the molecule is C=CCCNC(=O)C1=CC(Cc2ccc(Cl)cc2)C(=O)C2=C1SCN2NC(=O)OC(C)(C)C. The van der Waals surface area contributed by atoms with Gasteiger partial charge in [-0.15, -0.1) is 6.58 Å². The third kappa shape index (κ3) is 6.42. The van der Waals surface area contributed by atoms with Crippen LogP contribution in [0.2, 0.25) is 5.02 Å². The highest BCUT2D eigenvalue weighted by Gasteiger charge is 2.40. The Morgan fingerprint density at radius 1 is 1.30 bits per heavy atom. The lowest BCUT2D eigenvalue weighted by molar-refractivity contribution is -0.119. The van der Waals surface area contributed by atoms with Gasteiger partial charge in [0.15, 0.2) is 5.78 Å². The second kappa shape index (κ2) is 10.5. The second-order valence-electron chi connectivity index (χ2n) is 8.71. The normalized spacial score (nSPS) is 17.9. The number of halogens is 1. The van der Waals surface area contributed by atoms with Crippen molar-refractivity contribution in [2.24, 2.45) is 5.92 Å². The van der Waals surface area contributed by atoms with Crippen LogP contribution in [0.3, 0.4) is 0 Å². The van der Waals surface area contributed by atoms with Gasteiger partial charge in [-0.3, -0.25) is 14.6 Å². The first kappa shape index (κ1) is 24.9. The van der Waals surface area contributed by atoms with Gasteiger partial charge in [0.1, 0.15) is 11.3 Å². The number of nitrogens with zero attached hydrogens (tertiary/aromatic N) is 1. The minimum absolute atomic E-state index is 0.163. The first-order valence-corrected chi connectivity index (χ1v) is 12.0. The van der Waals surface area contributed by atoms with E-state index in [-0.39, 0.29) is 11.7 Å². The third-order valence-corrected chi connectivity index (χ3v) is 6.22. The Hall–Kier alpha value is -2.71. The van der Waals surface area contributed by atoms with E-state index in [0.717, 1.165) is 5.56 Å². The number of benzene rings is 1. The molecule has 2 N–H and O–H groups in total. The lowest BCUT2D eigenvalue weighted by Crippen LogP contribution is -2.45. The molecule has 9 heteroatoms. The average molecular weight is 490 g/mol. The largest absolute Gasteiger partial charge is 0.443 e. The summed E-state index contributed by atoms with van der Waals surface area (Å²) < 4.78 is 5.34. The molecule has 0 bridgehead atoms. The van der Waals surface area contributed by atoms with Crippen LogP contribution in [0.1, 0.15) is 32.8 Å². The van der Waals surface area contributed by atoms with Crippen molar-refractivity contribution in [3.63, 3.8) is 0 Å². The van der Waals surface area contributed by atoms with Crippen molar-refractivity contribution in [1.82, 2.24) is 15.8 Å². The number of ketones is 1. The van der Waals surface area contributed by atoms with Crippen LogP contribution in [0.15, 0.2) is 59.2 Å². The molecule has 1 atom stereocenters. The molecular weight excluding hydrogens is 462 g/mol. The van der Waals surface area contributed by atoms with Crippen LogP contribution in [-0.2, 0) is 20.7 Å². The molecule has 3 rings (SSSR count). The van der Waals surface area contributed by atoms with Gasteiger partial charge in [0.25, 0.3) is 5.91 Å². The Morgan fingerprint density at radius 3 is 2.64 bits per heavy atom. The predicted molar refractivity (Wildman–Crippen MR) is 130 cm³/mol. The van der Waals surface area contributed by atoms with Gasteiger partial charge in [-0.2, -0.15) is 0 Å². The summed E-state index contributed by atoms with van der Waals surface area (Å²) in [5, 5.41) is 4.95. The van der Waals surface area contributed by atoms with Gasteiger partial charge < -0.3 is 10.1 Å². The first-order valence-electron chi connectivity index (χ1n) is 10.6. The summed E-state index contributed by atoms with van der Waals surface area (Å²) in [6, 6.07) is 7.25. The number of allylic oxidation sites excluding steroid dienone is 2. The maximum atomic E-state index is 13.5. The van der Waals surface area contributed by atoms with E-state index >= 15 is 0 Å². The number of hydrazine groups is 1. The molecule has 0 saturated heterocycles. The summed E-state index contributed by atoms with van der Waals surface area (Å²) in [7, 11) is 0. The van der Waals surface area contributed by atoms with E-state index in [1.165, 1.54) is 16.8 Å². The highest BCUT2D eigenvalue weighted by atomic mass is 35.5. The van der Waals surface area contributed by atoms with E-state index in [9.17, 15) is 14.4 Å². The van der Waals surface area contributed by atoms with E-state index in [1.54, 1.807) is 45.1 Å². The summed E-state index contributed by atoms with van der Waals surface area (Å²) in [4.78, 5) is 39.3. The number of hydrogen-bond acceptors (Lipinski definition) is 6. The highest BCUT2D eigenvalue weighted by Crippen LogP contribution is 2.42. The fourth-order valence-electron chi connectivity index (χ4n) is 3.45. The van der Waals surface area contributed by atoms with E-state index in [1.807, 2.05) is 12.1 Å². The topological polar surface area (TPSA) is 87.7 Å². The molecule has 176 valence electrons. The molecular formula is C24H28ClN3O4S. The van der Waals surface area contributed by atoms with Crippen LogP contribution in [0.5, 0.6) is 0 Å². The summed E-state index contributed by atoms with van der Waals surface area (Å²) in [5.41, 5.74) is 3.63. The zero-order valence-corrected chi connectivity index (χ0v) is 20.5. The number of carbonyl (C=O) groups is 3. The lowest BCUT2D eigenvalue weighted by Gasteiger charge is -2.28. The Kier molecular flexibility index (Phi) is 7.92. The van der Waals surface area contributed by atoms with Crippen molar-refractivity contribution < 1.29 is 19.1 Å². The van der Waals surface area contributed by atoms with Crippen LogP contribution in [-0.4, -0.2) is 40.8 Å². The number of Topliss-reactive ketones (excluding diaryl/α,β-unsaturated/α-hetero) is 1. The molecule has 0 saturated carbocycles. The first-order chi connectivity index (χ1) is 15.6. The van der Waals surface area contributed by atoms with Crippen LogP contribution >= 0.6 is 23.4 Å². The van der Waals surface area contributed by atoms with E-state index in [4.69, 9.17) is 16.3 Å². The Bertz CT molecular complexity index is 1010. The Morgan fingerprint density at radius 2 is 2.00 bits per heavy atom. The summed E-state index contributed by atoms with van der Waals surface area (Å²) >= 11 is 7.32. The minimum Gasteiger partial charge on any atom is -0.443 e. The zero-order valence-electron chi connectivity index (χ0n) is 18.9. The molecule has 7 nitrogen and oxygen atoms in total. The number of hydrogen-bond donors (Lipinski definition) is 2. The highest BCUT2D eigenvalue weighted by molar-refractivity contribution is 8.03. The van der Waals surface area contributed by atoms with E-state index in [0.29, 0.717) is 46.5 Å². The molecule has 33 heavy (non-hydrogen) atoms. The van der Waals surface area contributed by atoms with Gasteiger partial charge in [0.05, 0.1) is 16.4 Å². The summed E-state index contributed by atoms with van der Waals surface area (Å²) in [5.74, 6) is -0.694. The van der Waals surface area contributed by atoms with Gasteiger partial charge >= 0.3 is 6.09 Å². The Labute approximate surface area is 203 Å². The smallest absolute Gasteiger partial charge is 0.426 e. The fraction of sp³-hybridized carbons (Fsp3) is 0.375. The standard InChI is InChI=1S/C24H28ClN3O4S/c1-5-6-11-26-22(30)18-13-16(12-15-7-9-17(25)10-8-15)20(29)19-21(18)33-14-28(19)27-23(31)32-24(2,3)4/h5,7-10,13,16H,1,6,11-12,14H2,2-4H3,(H,26,30)(H,27,31). The quantitative estimate of drug-likeness (QED) is 0.437. The number of nitrogens with one attached hydrogen (secondary N) is 2. The molecule has 1 aliphatic heterocycles. The molecule has 0 fully saturated rings. The maximum absolute atomic E-state index is 13.5. The van der Waals surface area contributed by atoms with Gasteiger partial charge in [0, 0.05) is 17.5 Å². The molecule has 0 radical (unpaired) electrons. The number of carbonyl (C=O) groups excluding carboxylic acids is 3. The Balaban J connectivity index is 1.88. The monoisotopic (exact) mass is 489 g/mol. The molecule has 1 aromatic rings. The van der Waals surface area contributed by atoms with Gasteiger partial charge in [-0.1, -0.05) is 47.6 Å². The molecule has 1 aliphatic carbocycles. The van der Waals surface area contributed by atoms with Crippen molar-refractivity contribution >= 4 is 41.1 Å². The fourth-order valence-corrected chi connectivity index (χ4v) is 4.69. The number of thioether (sulfide) groups is 1. The molecule has 0 aromatic heterocycles. The van der Waals surface area contributed by atoms with Crippen molar-refractivity contribution in [2.45, 2.75) is 39.2 Å². The maximum Gasteiger partial charge on any atom is 0.426 e. The van der Waals surface area contributed by atoms with E-state index < -0.39 is 17.6 Å².